The molecule has 1 N–H and O–H groups in total. The van der Waals surface area contributed by atoms with Gasteiger partial charge in [-0.2, -0.15) is 4.98 Å². The highest BCUT2D eigenvalue weighted by Gasteiger charge is 2.30. The van der Waals surface area contributed by atoms with E-state index in [1.54, 1.807) is 15.9 Å². The van der Waals surface area contributed by atoms with E-state index in [1.165, 1.54) is 0 Å². The highest BCUT2D eigenvalue weighted by molar-refractivity contribution is 5.87. The van der Waals surface area contributed by atoms with Crippen molar-refractivity contribution in [2.75, 3.05) is 26.2 Å². The molecule has 2 aliphatic rings. The minimum Gasteiger partial charge on any atom is -0.461 e. The zero-order valence-electron chi connectivity index (χ0n) is 22.2. The molecule has 0 radical (unpaired) electrons. The standard InChI is InChI=1S/C28H33N5O6/c1-18-8-12-32(13-9-18)28(36)39-25-23-19(2)16-22(29-24(23)30-31-25)38-27(35)33-14-10-21(11-15-33)26(34)37-17-20-6-4-3-5-7-20/h3-7,16,18,21H,8-15,17H2,1-2H3,(H,29,30,31). The lowest BCUT2D eigenvalue weighted by atomic mass is 9.97. The first-order chi connectivity index (χ1) is 18.9. The summed E-state index contributed by atoms with van der Waals surface area (Å²) >= 11 is 0. The number of aryl methyl sites for hydroxylation is 1. The number of fused-ring (bicyclic) bond motifs is 1. The largest absolute Gasteiger partial charge is 0.461 e. The zero-order valence-corrected chi connectivity index (χ0v) is 22.2. The average molecular weight is 536 g/mol. The molecule has 0 bridgehead atoms. The maximum absolute atomic E-state index is 12.8. The van der Waals surface area contributed by atoms with Gasteiger partial charge < -0.3 is 24.0 Å². The molecule has 2 fully saturated rings. The Bertz CT molecular complexity index is 1330. The van der Waals surface area contributed by atoms with Gasteiger partial charge in [0.05, 0.1) is 11.3 Å². The number of nitrogens with zero attached hydrogens (tertiary/aromatic N) is 4. The summed E-state index contributed by atoms with van der Waals surface area (Å²) in [5, 5.41) is 7.45. The van der Waals surface area contributed by atoms with E-state index in [1.807, 2.05) is 37.3 Å². The average Bonchev–Trinajstić information content (AvgIpc) is 3.35. The van der Waals surface area contributed by atoms with E-state index in [-0.39, 0.29) is 30.3 Å². The number of nitrogens with one attached hydrogen (secondary N) is 1. The lowest BCUT2D eigenvalue weighted by molar-refractivity contribution is -0.151. The first-order valence-electron chi connectivity index (χ1n) is 13.4. The molecule has 2 aliphatic heterocycles. The van der Waals surface area contributed by atoms with Crippen LogP contribution in [0, 0.1) is 18.8 Å². The molecule has 2 saturated heterocycles. The first-order valence-corrected chi connectivity index (χ1v) is 13.4. The second-order valence-corrected chi connectivity index (χ2v) is 10.3. The summed E-state index contributed by atoms with van der Waals surface area (Å²) < 4.78 is 16.5. The lowest BCUT2D eigenvalue weighted by Crippen LogP contribution is -2.42. The molecule has 4 heterocycles. The topological polar surface area (TPSA) is 127 Å². The highest BCUT2D eigenvalue weighted by atomic mass is 16.6. The molecule has 0 unspecified atom stereocenters. The van der Waals surface area contributed by atoms with Crippen LogP contribution in [0.1, 0.15) is 43.7 Å². The quantitative estimate of drug-likeness (QED) is 0.475. The van der Waals surface area contributed by atoms with Gasteiger partial charge in [-0.1, -0.05) is 37.3 Å². The van der Waals surface area contributed by atoms with Gasteiger partial charge in [0.2, 0.25) is 5.88 Å². The Balaban J connectivity index is 1.14. The molecule has 5 rings (SSSR count). The highest BCUT2D eigenvalue weighted by Crippen LogP contribution is 2.29. The van der Waals surface area contributed by atoms with Crippen LogP contribution in [0.4, 0.5) is 9.59 Å². The van der Waals surface area contributed by atoms with Crippen LogP contribution in [-0.4, -0.2) is 69.3 Å². The molecule has 0 aliphatic carbocycles. The summed E-state index contributed by atoms with van der Waals surface area (Å²) in [7, 11) is 0. The summed E-state index contributed by atoms with van der Waals surface area (Å²) in [6.07, 6.45) is 1.92. The monoisotopic (exact) mass is 535 g/mol. The molecule has 3 aromatic rings. The predicted molar refractivity (Wildman–Crippen MR) is 141 cm³/mol. The molecular weight excluding hydrogens is 502 g/mol. The number of hydrogen-bond acceptors (Lipinski definition) is 8. The van der Waals surface area contributed by atoms with Crippen molar-refractivity contribution < 1.29 is 28.6 Å². The smallest absolute Gasteiger partial charge is 0.416 e. The summed E-state index contributed by atoms with van der Waals surface area (Å²) in [5.74, 6) is 0.355. The third-order valence-corrected chi connectivity index (χ3v) is 7.40. The number of carbonyl (C=O) groups is 3. The maximum Gasteiger partial charge on any atom is 0.416 e. The molecule has 0 atom stereocenters. The number of esters is 1. The fourth-order valence-electron chi connectivity index (χ4n) is 4.92. The van der Waals surface area contributed by atoms with E-state index in [2.05, 4.69) is 22.1 Å². The van der Waals surface area contributed by atoms with Crippen LogP contribution in [0.15, 0.2) is 36.4 Å². The van der Waals surface area contributed by atoms with E-state index >= 15 is 0 Å². The van der Waals surface area contributed by atoms with Gasteiger partial charge in [0.15, 0.2) is 5.65 Å². The molecular formula is C28H33N5O6. The van der Waals surface area contributed by atoms with Crippen LogP contribution in [0.2, 0.25) is 0 Å². The summed E-state index contributed by atoms with van der Waals surface area (Å²) in [5.41, 5.74) is 1.99. The number of piperidine rings is 2. The molecule has 206 valence electrons. The molecule has 11 heteroatoms. The first kappa shape index (κ1) is 26.5. The van der Waals surface area contributed by atoms with E-state index in [4.69, 9.17) is 14.2 Å². The van der Waals surface area contributed by atoms with E-state index in [9.17, 15) is 14.4 Å². The normalized spacial score (nSPS) is 16.8. The number of amides is 2. The van der Waals surface area contributed by atoms with Crippen LogP contribution in [0.25, 0.3) is 11.0 Å². The molecule has 1 aromatic carbocycles. The Kier molecular flexibility index (Phi) is 7.94. The van der Waals surface area contributed by atoms with Gasteiger partial charge >= 0.3 is 18.2 Å². The fourth-order valence-corrected chi connectivity index (χ4v) is 4.92. The van der Waals surface area contributed by atoms with Crippen LogP contribution >= 0.6 is 0 Å². The van der Waals surface area contributed by atoms with Gasteiger partial charge in [0.1, 0.15) is 6.61 Å². The van der Waals surface area contributed by atoms with Gasteiger partial charge in [-0.3, -0.25) is 9.89 Å². The van der Waals surface area contributed by atoms with Crippen LogP contribution in [0.3, 0.4) is 0 Å². The number of likely N-dealkylation sites (tertiary alicyclic amines) is 2. The van der Waals surface area contributed by atoms with Gasteiger partial charge in [-0.05, 0) is 49.7 Å². The molecule has 0 spiro atoms. The Morgan fingerprint density at radius 2 is 1.59 bits per heavy atom. The van der Waals surface area contributed by atoms with Gasteiger partial charge in [-0.15, -0.1) is 5.10 Å². The summed E-state index contributed by atoms with van der Waals surface area (Å²) in [6, 6.07) is 11.1. The van der Waals surface area contributed by atoms with Crippen molar-refractivity contribution in [3.63, 3.8) is 0 Å². The third-order valence-electron chi connectivity index (χ3n) is 7.40. The lowest BCUT2D eigenvalue weighted by Gasteiger charge is -2.30. The summed E-state index contributed by atoms with van der Waals surface area (Å²) in [6.45, 7) is 6.30. The van der Waals surface area contributed by atoms with E-state index in [0.717, 1.165) is 18.4 Å². The minimum atomic E-state index is -0.539. The number of aromatic nitrogens is 3. The number of pyridine rings is 1. The van der Waals surface area contributed by atoms with Crippen molar-refractivity contribution in [3.05, 3.63) is 47.5 Å². The van der Waals surface area contributed by atoms with Crippen molar-refractivity contribution in [1.82, 2.24) is 25.0 Å². The zero-order chi connectivity index (χ0) is 27.4. The fraction of sp³-hybridized carbons (Fsp3) is 0.464. The number of carbonyl (C=O) groups excluding carboxylic acids is 3. The van der Waals surface area contributed by atoms with Crippen molar-refractivity contribution in [2.45, 2.75) is 46.1 Å². The molecule has 2 amide bonds. The SMILES string of the molecule is Cc1cc(OC(=O)N2CCC(C(=O)OCc3ccccc3)CC2)nc2[nH]nc(OC(=O)N3CCC(C)CC3)c12. The van der Waals surface area contributed by atoms with Crippen LogP contribution in [-0.2, 0) is 16.1 Å². The van der Waals surface area contributed by atoms with Crippen molar-refractivity contribution in [2.24, 2.45) is 11.8 Å². The molecule has 2 aromatic heterocycles. The Hall–Kier alpha value is -4.15. The number of benzene rings is 1. The van der Waals surface area contributed by atoms with Crippen molar-refractivity contribution in [1.29, 1.82) is 0 Å². The Morgan fingerprint density at radius 1 is 0.949 bits per heavy atom. The van der Waals surface area contributed by atoms with Crippen molar-refractivity contribution >= 4 is 29.2 Å². The van der Waals surface area contributed by atoms with Gasteiger partial charge in [0.25, 0.3) is 5.88 Å². The van der Waals surface area contributed by atoms with Crippen molar-refractivity contribution in [3.8, 4) is 11.8 Å². The predicted octanol–water partition coefficient (Wildman–Crippen LogP) is 4.45. The third kappa shape index (κ3) is 6.30. The van der Waals surface area contributed by atoms with Gasteiger partial charge in [0, 0.05) is 32.2 Å². The van der Waals surface area contributed by atoms with Crippen LogP contribution < -0.4 is 9.47 Å². The number of aromatic amines is 1. The number of hydrogen-bond donors (Lipinski definition) is 1. The second-order valence-electron chi connectivity index (χ2n) is 10.3. The number of ether oxygens (including phenoxy) is 3. The molecule has 39 heavy (non-hydrogen) atoms. The summed E-state index contributed by atoms with van der Waals surface area (Å²) in [4.78, 5) is 45.5. The van der Waals surface area contributed by atoms with E-state index < -0.39 is 12.2 Å². The van der Waals surface area contributed by atoms with E-state index in [0.29, 0.717) is 61.5 Å². The second kappa shape index (κ2) is 11.7. The number of H-pyrrole nitrogens is 1. The van der Waals surface area contributed by atoms with Crippen LogP contribution in [0.5, 0.6) is 11.8 Å². The Morgan fingerprint density at radius 3 is 2.28 bits per heavy atom. The Labute approximate surface area is 226 Å². The maximum atomic E-state index is 12.8. The van der Waals surface area contributed by atoms with Gasteiger partial charge in [-0.25, -0.2) is 9.59 Å². The molecule has 11 nitrogen and oxygen atoms in total. The molecule has 0 saturated carbocycles. The minimum absolute atomic E-state index is 0.112. The number of rotatable bonds is 5.